The van der Waals surface area contributed by atoms with E-state index in [1.807, 2.05) is 16.7 Å². The lowest BCUT2D eigenvalue weighted by Gasteiger charge is -2.47. The molecule has 1 aromatic heterocycles. The Balaban J connectivity index is 0.00000135. The third kappa shape index (κ3) is 1.79. The highest BCUT2D eigenvalue weighted by Gasteiger charge is 2.48. The second-order valence-electron chi connectivity index (χ2n) is 7.22. The van der Waals surface area contributed by atoms with Gasteiger partial charge in [0.15, 0.2) is 0 Å². The van der Waals surface area contributed by atoms with Gasteiger partial charge in [-0.1, -0.05) is 12.5 Å². The van der Waals surface area contributed by atoms with E-state index in [1.54, 1.807) is 6.07 Å². The lowest BCUT2D eigenvalue weighted by molar-refractivity contribution is 0.0748. The van der Waals surface area contributed by atoms with Crippen molar-refractivity contribution in [1.82, 2.24) is 4.57 Å². The molecular formula is C18H21ClN2O2. The average molecular weight is 333 g/mol. The van der Waals surface area contributed by atoms with Crippen LogP contribution in [0.25, 0.3) is 10.9 Å². The summed E-state index contributed by atoms with van der Waals surface area (Å²) in [4.78, 5) is 12.7. The van der Waals surface area contributed by atoms with E-state index in [9.17, 15) is 9.90 Å². The predicted octanol–water partition coefficient (Wildman–Crippen LogP) is 3.20. The number of hydrogen-bond acceptors (Lipinski definition) is 3. The number of aromatic hydroxyl groups is 1. The smallest absolute Gasteiger partial charge is 0.231 e. The standard InChI is InChI=1S/C18H20N2O2.ClH/c19-12-8-11-17-13(5-2-6-14(17)21)20-15(22)7-9-3-1-4-10(12)16(9)18(11)20;/h2,5-6,9-10,12,16,21H,1,3-4,7-8,19H2;1H. The fourth-order valence-corrected chi connectivity index (χ4v) is 5.40. The summed E-state index contributed by atoms with van der Waals surface area (Å²) < 4.78 is 1.90. The molecule has 3 aliphatic rings. The van der Waals surface area contributed by atoms with Crippen molar-refractivity contribution in [3.8, 4) is 5.75 Å². The van der Waals surface area contributed by atoms with Crippen LogP contribution in [0.15, 0.2) is 18.2 Å². The Kier molecular flexibility index (Phi) is 3.26. The Morgan fingerprint density at radius 1 is 1.22 bits per heavy atom. The van der Waals surface area contributed by atoms with Crippen molar-refractivity contribution < 1.29 is 9.90 Å². The fraction of sp³-hybridized carbons (Fsp3) is 0.500. The molecule has 0 amide bonds. The Hall–Kier alpha value is -1.52. The molecule has 5 rings (SSSR count). The molecule has 23 heavy (non-hydrogen) atoms. The van der Waals surface area contributed by atoms with Crippen molar-refractivity contribution in [2.24, 2.45) is 17.6 Å². The molecule has 4 nitrogen and oxygen atoms in total. The minimum Gasteiger partial charge on any atom is -0.507 e. The quantitative estimate of drug-likeness (QED) is 0.778. The van der Waals surface area contributed by atoms with Gasteiger partial charge < -0.3 is 10.8 Å². The number of fused-ring (bicyclic) bond motifs is 3. The maximum Gasteiger partial charge on any atom is 0.231 e. The molecule has 5 heteroatoms. The van der Waals surface area contributed by atoms with E-state index < -0.39 is 0 Å². The van der Waals surface area contributed by atoms with Crippen LogP contribution >= 0.6 is 12.4 Å². The number of hydrogen-bond donors (Lipinski definition) is 2. The van der Waals surface area contributed by atoms with Crippen molar-refractivity contribution in [3.63, 3.8) is 0 Å². The van der Waals surface area contributed by atoms with Crippen LogP contribution in [0.4, 0.5) is 0 Å². The molecule has 0 saturated heterocycles. The van der Waals surface area contributed by atoms with E-state index in [0.29, 0.717) is 24.2 Å². The number of rotatable bonds is 0. The van der Waals surface area contributed by atoms with Crippen molar-refractivity contribution >= 4 is 29.2 Å². The SMILES string of the molecule is Cl.NC1Cc2c3n(c4cccc(O)c24)C(=O)CC2CCCC1C32. The molecule has 2 aromatic rings. The van der Waals surface area contributed by atoms with Crippen LogP contribution in [0, 0.1) is 11.8 Å². The minimum atomic E-state index is 0. The number of aromatic nitrogens is 1. The van der Waals surface area contributed by atoms with Crippen LogP contribution < -0.4 is 5.73 Å². The van der Waals surface area contributed by atoms with Crippen LogP contribution in [-0.4, -0.2) is 21.6 Å². The van der Waals surface area contributed by atoms with E-state index in [1.165, 1.54) is 18.5 Å². The van der Waals surface area contributed by atoms with Crippen molar-refractivity contribution in [1.29, 1.82) is 0 Å². The van der Waals surface area contributed by atoms with Crippen LogP contribution in [-0.2, 0) is 6.42 Å². The Morgan fingerprint density at radius 2 is 2.04 bits per heavy atom. The number of carbonyl (C=O) groups is 1. The van der Waals surface area contributed by atoms with E-state index in [2.05, 4.69) is 0 Å². The van der Waals surface area contributed by atoms with E-state index >= 15 is 0 Å². The van der Waals surface area contributed by atoms with Crippen LogP contribution in [0.2, 0.25) is 0 Å². The first-order chi connectivity index (χ1) is 10.7. The van der Waals surface area contributed by atoms with Crippen LogP contribution in [0.5, 0.6) is 5.75 Å². The predicted molar refractivity (Wildman–Crippen MR) is 91.3 cm³/mol. The number of nitrogens with zero attached hydrogens (tertiary/aromatic N) is 1. The maximum atomic E-state index is 12.7. The molecule has 3 N–H and O–H groups in total. The molecule has 2 heterocycles. The second-order valence-corrected chi connectivity index (χ2v) is 7.22. The van der Waals surface area contributed by atoms with E-state index in [4.69, 9.17) is 5.73 Å². The summed E-state index contributed by atoms with van der Waals surface area (Å²) >= 11 is 0. The molecule has 4 atom stereocenters. The van der Waals surface area contributed by atoms with Crippen LogP contribution in [0.3, 0.4) is 0 Å². The number of benzene rings is 1. The highest BCUT2D eigenvalue weighted by molar-refractivity contribution is 6.00. The summed E-state index contributed by atoms with van der Waals surface area (Å²) in [7, 11) is 0. The van der Waals surface area contributed by atoms with Gasteiger partial charge in [-0.15, -0.1) is 12.4 Å². The zero-order valence-electron chi connectivity index (χ0n) is 12.9. The molecule has 1 aliphatic heterocycles. The summed E-state index contributed by atoms with van der Waals surface area (Å²) in [6.07, 6.45) is 4.89. The van der Waals surface area contributed by atoms with Crippen molar-refractivity contribution in [2.75, 3.05) is 0 Å². The Labute approximate surface area is 141 Å². The largest absolute Gasteiger partial charge is 0.507 e. The number of nitrogens with two attached hydrogens (primary N) is 1. The normalized spacial score (nSPS) is 31.6. The lowest BCUT2D eigenvalue weighted by atomic mass is 9.61. The number of phenolic OH excluding ortho intramolecular Hbond substituents is 1. The maximum absolute atomic E-state index is 12.7. The molecule has 1 saturated carbocycles. The summed E-state index contributed by atoms with van der Waals surface area (Å²) in [5.74, 6) is 1.80. The molecule has 1 aromatic carbocycles. The summed E-state index contributed by atoms with van der Waals surface area (Å²) in [5, 5.41) is 11.2. The molecular weight excluding hydrogens is 312 g/mol. The second kappa shape index (κ2) is 4.99. The lowest BCUT2D eigenvalue weighted by Crippen LogP contribution is -2.47. The van der Waals surface area contributed by atoms with Gasteiger partial charge in [0.1, 0.15) is 5.75 Å². The van der Waals surface area contributed by atoms with Gasteiger partial charge in [0.2, 0.25) is 5.91 Å². The van der Waals surface area contributed by atoms with Gasteiger partial charge in [-0.05, 0) is 48.8 Å². The summed E-state index contributed by atoms with van der Waals surface area (Å²) in [6, 6.07) is 5.64. The monoisotopic (exact) mass is 332 g/mol. The van der Waals surface area contributed by atoms with Gasteiger partial charge in [-0.25, -0.2) is 0 Å². The fourth-order valence-electron chi connectivity index (χ4n) is 5.40. The van der Waals surface area contributed by atoms with E-state index in [0.717, 1.165) is 29.3 Å². The van der Waals surface area contributed by atoms with Gasteiger partial charge >= 0.3 is 0 Å². The average Bonchev–Trinajstić information content (AvgIpc) is 2.84. The van der Waals surface area contributed by atoms with Crippen LogP contribution in [0.1, 0.15) is 47.7 Å². The molecule has 1 fully saturated rings. The minimum absolute atomic E-state index is 0. The first-order valence-corrected chi connectivity index (χ1v) is 8.30. The highest BCUT2D eigenvalue weighted by atomic mass is 35.5. The molecule has 122 valence electrons. The summed E-state index contributed by atoms with van der Waals surface area (Å²) in [6.45, 7) is 0. The zero-order chi connectivity index (χ0) is 15.0. The topological polar surface area (TPSA) is 68.2 Å². The third-order valence-corrected chi connectivity index (χ3v) is 6.19. The number of carbonyl (C=O) groups excluding carboxylic acids is 1. The Morgan fingerprint density at radius 3 is 2.87 bits per heavy atom. The number of halogens is 1. The first-order valence-electron chi connectivity index (χ1n) is 8.30. The van der Waals surface area contributed by atoms with Gasteiger partial charge in [0, 0.05) is 29.5 Å². The molecule has 0 radical (unpaired) electrons. The molecule has 0 spiro atoms. The third-order valence-electron chi connectivity index (χ3n) is 6.19. The van der Waals surface area contributed by atoms with E-state index in [-0.39, 0.29) is 30.1 Å². The van der Waals surface area contributed by atoms with Gasteiger partial charge in [-0.2, -0.15) is 0 Å². The zero-order valence-corrected chi connectivity index (χ0v) is 13.7. The first kappa shape index (κ1) is 15.0. The highest BCUT2D eigenvalue weighted by Crippen LogP contribution is 2.54. The molecule has 2 aliphatic carbocycles. The van der Waals surface area contributed by atoms with Gasteiger partial charge in [0.25, 0.3) is 0 Å². The van der Waals surface area contributed by atoms with Crippen molar-refractivity contribution in [2.45, 2.75) is 44.1 Å². The molecule has 4 unspecified atom stereocenters. The number of phenols is 1. The molecule has 0 bridgehead atoms. The van der Waals surface area contributed by atoms with Gasteiger partial charge in [-0.3, -0.25) is 9.36 Å². The summed E-state index contributed by atoms with van der Waals surface area (Å²) in [5.41, 5.74) is 9.66. The van der Waals surface area contributed by atoms with Crippen molar-refractivity contribution in [3.05, 3.63) is 29.5 Å². The van der Waals surface area contributed by atoms with Gasteiger partial charge in [0.05, 0.1) is 5.52 Å². The Bertz CT molecular complexity index is 813.